The highest BCUT2D eigenvalue weighted by Gasteiger charge is 2.16. The second kappa shape index (κ2) is 6.50. The molecule has 0 aromatic heterocycles. The number of esters is 1. The second-order valence-electron chi connectivity index (χ2n) is 4.87. The minimum absolute atomic E-state index is 0.156. The van der Waals surface area contributed by atoms with E-state index in [1.165, 1.54) is 24.3 Å². The van der Waals surface area contributed by atoms with E-state index in [0.717, 1.165) is 6.26 Å². The van der Waals surface area contributed by atoms with Crippen LogP contribution in [0.1, 0.15) is 28.9 Å². The van der Waals surface area contributed by atoms with Crippen LogP contribution < -0.4 is 0 Å². The maximum absolute atomic E-state index is 12.1. The van der Waals surface area contributed by atoms with Crippen molar-refractivity contribution >= 4 is 27.4 Å². The number of ether oxygens (including phenoxy) is 1. The fraction of sp³-hybridized carbons (Fsp3) is 0.188. The Morgan fingerprint density at radius 3 is 2.23 bits per heavy atom. The van der Waals surface area contributed by atoms with Crippen LogP contribution in [0.25, 0.3) is 0 Å². The molecule has 2 aromatic rings. The lowest BCUT2D eigenvalue weighted by atomic mass is 10.1. The summed E-state index contributed by atoms with van der Waals surface area (Å²) < 4.78 is 28.1. The maximum atomic E-state index is 12.1. The Morgan fingerprint density at radius 2 is 1.68 bits per heavy atom. The lowest BCUT2D eigenvalue weighted by Crippen LogP contribution is -2.10. The van der Waals surface area contributed by atoms with Gasteiger partial charge in [0.2, 0.25) is 0 Å². The van der Waals surface area contributed by atoms with Crippen molar-refractivity contribution in [2.75, 3.05) is 6.26 Å². The predicted molar refractivity (Wildman–Crippen MR) is 84.8 cm³/mol. The van der Waals surface area contributed by atoms with Crippen LogP contribution in [0.5, 0.6) is 0 Å². The fourth-order valence-electron chi connectivity index (χ4n) is 1.94. The third kappa shape index (κ3) is 3.87. The molecule has 2 rings (SSSR count). The first-order valence-electron chi connectivity index (χ1n) is 6.54. The molecule has 0 saturated heterocycles. The van der Waals surface area contributed by atoms with Crippen LogP contribution in [0, 0.1) is 0 Å². The van der Waals surface area contributed by atoms with E-state index in [-0.39, 0.29) is 10.5 Å². The summed E-state index contributed by atoms with van der Waals surface area (Å²) in [6, 6.07) is 12.7. The molecule has 116 valence electrons. The van der Waals surface area contributed by atoms with E-state index in [4.69, 9.17) is 16.3 Å². The van der Waals surface area contributed by atoms with Crippen LogP contribution in [0.4, 0.5) is 0 Å². The van der Waals surface area contributed by atoms with Gasteiger partial charge in [0.25, 0.3) is 0 Å². The van der Waals surface area contributed by atoms with Gasteiger partial charge in [0.05, 0.1) is 10.5 Å². The summed E-state index contributed by atoms with van der Waals surface area (Å²) >= 11 is 6.06. The summed E-state index contributed by atoms with van der Waals surface area (Å²) in [5.74, 6) is -0.535. The lowest BCUT2D eigenvalue weighted by Gasteiger charge is -2.15. The van der Waals surface area contributed by atoms with Gasteiger partial charge in [0, 0.05) is 16.8 Å². The predicted octanol–water partition coefficient (Wildman–Crippen LogP) is 3.66. The van der Waals surface area contributed by atoms with Crippen molar-refractivity contribution in [2.24, 2.45) is 0 Å². The van der Waals surface area contributed by atoms with Gasteiger partial charge in [-0.05, 0) is 37.3 Å². The minimum Gasteiger partial charge on any atom is -0.454 e. The number of benzene rings is 2. The highest BCUT2D eigenvalue weighted by molar-refractivity contribution is 7.90. The number of sulfone groups is 1. The molecule has 6 heteroatoms. The van der Waals surface area contributed by atoms with Gasteiger partial charge in [-0.2, -0.15) is 0 Å². The van der Waals surface area contributed by atoms with Crippen molar-refractivity contribution in [1.29, 1.82) is 0 Å². The molecule has 0 aliphatic carbocycles. The monoisotopic (exact) mass is 338 g/mol. The van der Waals surface area contributed by atoms with Gasteiger partial charge in [0.1, 0.15) is 6.10 Å². The molecule has 0 unspecified atom stereocenters. The quantitative estimate of drug-likeness (QED) is 0.798. The first kappa shape index (κ1) is 16.5. The number of hydrogen-bond acceptors (Lipinski definition) is 4. The zero-order chi connectivity index (χ0) is 16.3. The second-order valence-corrected chi connectivity index (χ2v) is 7.29. The molecule has 0 aliphatic heterocycles. The molecule has 4 nitrogen and oxygen atoms in total. The number of hydrogen-bond donors (Lipinski definition) is 0. The molecule has 0 saturated carbocycles. The molecule has 0 spiro atoms. The van der Waals surface area contributed by atoms with Crippen molar-refractivity contribution < 1.29 is 17.9 Å². The summed E-state index contributed by atoms with van der Waals surface area (Å²) in [6.07, 6.45) is 0.607. The van der Waals surface area contributed by atoms with E-state index in [1.54, 1.807) is 25.1 Å². The summed E-state index contributed by atoms with van der Waals surface area (Å²) in [5, 5.41) is 0.523. The number of rotatable bonds is 4. The van der Waals surface area contributed by atoms with Crippen molar-refractivity contribution in [1.82, 2.24) is 0 Å². The largest absolute Gasteiger partial charge is 0.454 e. The molecule has 0 bridgehead atoms. The van der Waals surface area contributed by atoms with E-state index in [2.05, 4.69) is 0 Å². The number of carbonyl (C=O) groups excluding carboxylic acids is 1. The van der Waals surface area contributed by atoms with Crippen molar-refractivity contribution in [3.05, 3.63) is 64.7 Å². The van der Waals surface area contributed by atoms with Gasteiger partial charge >= 0.3 is 5.97 Å². The SMILES string of the molecule is C[C@H](OC(=O)c1ccc(S(C)(=O)=O)cc1)c1ccccc1Cl. The molecular weight excluding hydrogens is 324 g/mol. The van der Waals surface area contributed by atoms with Gasteiger partial charge in [-0.25, -0.2) is 13.2 Å². The fourth-order valence-corrected chi connectivity index (χ4v) is 2.85. The maximum Gasteiger partial charge on any atom is 0.338 e. The number of halogens is 1. The normalized spacial score (nSPS) is 12.7. The Kier molecular flexibility index (Phi) is 4.88. The zero-order valence-electron chi connectivity index (χ0n) is 12.1. The summed E-state index contributed by atoms with van der Waals surface area (Å²) in [6.45, 7) is 1.73. The Hall–Kier alpha value is -1.85. The standard InChI is InChI=1S/C16H15ClO4S/c1-11(14-5-3-4-6-15(14)17)21-16(18)12-7-9-13(10-8-12)22(2,19)20/h3-11H,1-2H3/t11-/m0/s1. The average molecular weight is 339 g/mol. The van der Waals surface area contributed by atoms with Crippen LogP contribution in [0.3, 0.4) is 0 Å². The lowest BCUT2D eigenvalue weighted by molar-refractivity contribution is 0.0338. The summed E-state index contributed by atoms with van der Waals surface area (Å²) in [7, 11) is -3.29. The topological polar surface area (TPSA) is 60.4 Å². The zero-order valence-corrected chi connectivity index (χ0v) is 13.7. The summed E-state index contributed by atoms with van der Waals surface area (Å²) in [5.41, 5.74) is 0.997. The van der Waals surface area contributed by atoms with E-state index in [1.807, 2.05) is 6.07 Å². The van der Waals surface area contributed by atoms with Crippen molar-refractivity contribution in [2.45, 2.75) is 17.9 Å². The first-order valence-corrected chi connectivity index (χ1v) is 8.81. The van der Waals surface area contributed by atoms with E-state index in [0.29, 0.717) is 10.6 Å². The Bertz CT molecular complexity index is 782. The molecule has 0 N–H and O–H groups in total. The van der Waals surface area contributed by atoms with Gasteiger partial charge < -0.3 is 4.74 Å². The molecule has 22 heavy (non-hydrogen) atoms. The third-order valence-electron chi connectivity index (χ3n) is 3.15. The Balaban J connectivity index is 2.14. The third-order valence-corrected chi connectivity index (χ3v) is 4.62. The molecule has 0 aliphatic rings. The van der Waals surface area contributed by atoms with Crippen molar-refractivity contribution in [3.8, 4) is 0 Å². The van der Waals surface area contributed by atoms with Crippen LogP contribution in [0.2, 0.25) is 5.02 Å². The van der Waals surface area contributed by atoms with Crippen LogP contribution in [0.15, 0.2) is 53.4 Å². The van der Waals surface area contributed by atoms with Gasteiger partial charge in [-0.3, -0.25) is 0 Å². The van der Waals surface area contributed by atoms with Crippen molar-refractivity contribution in [3.63, 3.8) is 0 Å². The highest BCUT2D eigenvalue weighted by atomic mass is 35.5. The van der Waals surface area contributed by atoms with Crippen LogP contribution in [-0.2, 0) is 14.6 Å². The molecule has 2 aromatic carbocycles. The molecule has 0 radical (unpaired) electrons. The molecular formula is C16H15ClO4S. The number of carbonyl (C=O) groups is 1. The average Bonchev–Trinajstić information content (AvgIpc) is 2.46. The summed E-state index contributed by atoms with van der Waals surface area (Å²) in [4.78, 5) is 12.2. The highest BCUT2D eigenvalue weighted by Crippen LogP contribution is 2.26. The Morgan fingerprint density at radius 1 is 1.09 bits per heavy atom. The van der Waals surface area contributed by atoms with Gasteiger partial charge in [0.15, 0.2) is 9.84 Å². The van der Waals surface area contributed by atoms with Gasteiger partial charge in [-0.1, -0.05) is 29.8 Å². The Labute approximate surface area is 134 Å². The van der Waals surface area contributed by atoms with Gasteiger partial charge in [-0.15, -0.1) is 0 Å². The first-order chi connectivity index (χ1) is 10.3. The molecule has 0 amide bonds. The van der Waals surface area contributed by atoms with E-state index < -0.39 is 21.9 Å². The molecule has 0 fully saturated rings. The molecule has 1 atom stereocenters. The van der Waals surface area contributed by atoms with Crippen LogP contribution >= 0.6 is 11.6 Å². The smallest absolute Gasteiger partial charge is 0.338 e. The van der Waals surface area contributed by atoms with Crippen LogP contribution in [-0.4, -0.2) is 20.6 Å². The van der Waals surface area contributed by atoms with E-state index >= 15 is 0 Å². The molecule has 0 heterocycles. The van der Waals surface area contributed by atoms with E-state index in [9.17, 15) is 13.2 Å². The minimum atomic E-state index is -3.29.